The largest absolute Gasteiger partial charge is 0.288 e. The Morgan fingerprint density at radius 3 is 2.21 bits per heavy atom. The molecule has 0 spiro atoms. The van der Waals surface area contributed by atoms with Gasteiger partial charge in [0.1, 0.15) is 0 Å². The van der Waals surface area contributed by atoms with E-state index in [0.29, 0.717) is 11.1 Å². The van der Waals surface area contributed by atoms with Crippen LogP contribution in [0.25, 0.3) is 0 Å². The third-order valence-electron chi connectivity index (χ3n) is 1.97. The lowest BCUT2D eigenvalue weighted by Gasteiger charge is -2.01. The molecule has 0 saturated carbocycles. The van der Waals surface area contributed by atoms with Crippen LogP contribution in [0.5, 0.6) is 0 Å². The molecule has 0 aromatic carbocycles. The van der Waals surface area contributed by atoms with Gasteiger partial charge >= 0.3 is 0 Å². The van der Waals surface area contributed by atoms with Gasteiger partial charge in [0.2, 0.25) is 0 Å². The van der Waals surface area contributed by atoms with Gasteiger partial charge in [-0.1, -0.05) is 25.5 Å². The van der Waals surface area contributed by atoms with E-state index >= 15 is 0 Å². The van der Waals surface area contributed by atoms with Crippen LogP contribution in [0.3, 0.4) is 0 Å². The smallest absolute Gasteiger partial charge is 0.258 e. The summed E-state index contributed by atoms with van der Waals surface area (Å²) in [6.45, 7) is 7.63. The average Bonchev–Trinajstić information content (AvgIpc) is 2.25. The molecule has 2 amide bonds. The molecule has 1 rings (SSSR count). The summed E-state index contributed by atoms with van der Waals surface area (Å²) in [5.41, 5.74) is 1.92. The molecular formula is C11H15NO2. The first kappa shape index (κ1) is 10.7. The van der Waals surface area contributed by atoms with Gasteiger partial charge in [0.05, 0.1) is 5.57 Å². The van der Waals surface area contributed by atoms with E-state index in [2.05, 4.69) is 5.32 Å². The minimum absolute atomic E-state index is 0.260. The van der Waals surface area contributed by atoms with Crippen LogP contribution < -0.4 is 5.32 Å². The van der Waals surface area contributed by atoms with Gasteiger partial charge in [-0.25, -0.2) is 0 Å². The van der Waals surface area contributed by atoms with Gasteiger partial charge in [-0.15, -0.1) is 0 Å². The fourth-order valence-corrected chi connectivity index (χ4v) is 1.46. The van der Waals surface area contributed by atoms with Gasteiger partial charge in [0.25, 0.3) is 11.8 Å². The number of hydrogen-bond acceptors (Lipinski definition) is 2. The Kier molecular flexibility index (Phi) is 2.89. The maximum Gasteiger partial charge on any atom is 0.258 e. The van der Waals surface area contributed by atoms with Gasteiger partial charge in [-0.2, -0.15) is 0 Å². The molecule has 1 aliphatic rings. The molecule has 0 bridgehead atoms. The summed E-state index contributed by atoms with van der Waals surface area (Å²) in [5, 5.41) is 2.30. The minimum atomic E-state index is -0.278. The summed E-state index contributed by atoms with van der Waals surface area (Å²) >= 11 is 0. The van der Waals surface area contributed by atoms with Crippen molar-refractivity contribution in [3.05, 3.63) is 22.8 Å². The normalized spacial score (nSPS) is 19.5. The monoisotopic (exact) mass is 193 g/mol. The molecule has 0 atom stereocenters. The van der Waals surface area contributed by atoms with Crippen molar-refractivity contribution >= 4 is 11.8 Å². The van der Waals surface area contributed by atoms with Gasteiger partial charge in [-0.05, 0) is 19.8 Å². The van der Waals surface area contributed by atoms with Crippen LogP contribution in [0.4, 0.5) is 0 Å². The van der Waals surface area contributed by atoms with E-state index in [9.17, 15) is 9.59 Å². The highest BCUT2D eigenvalue weighted by atomic mass is 16.2. The molecule has 0 radical (unpaired) electrons. The Bertz CT molecular complexity index is 344. The summed E-state index contributed by atoms with van der Waals surface area (Å²) in [6, 6.07) is 0. The number of nitrogens with one attached hydrogen (secondary N) is 1. The summed E-state index contributed by atoms with van der Waals surface area (Å²) < 4.78 is 0. The first-order chi connectivity index (χ1) is 6.43. The Hall–Kier alpha value is -1.38. The van der Waals surface area contributed by atoms with Crippen molar-refractivity contribution in [1.82, 2.24) is 5.32 Å². The molecule has 76 valence electrons. The molecule has 1 aliphatic heterocycles. The lowest BCUT2D eigenvalue weighted by Crippen LogP contribution is -2.20. The van der Waals surface area contributed by atoms with Crippen LogP contribution in [0.1, 0.15) is 27.7 Å². The van der Waals surface area contributed by atoms with Crippen LogP contribution >= 0.6 is 0 Å². The van der Waals surface area contributed by atoms with Crippen molar-refractivity contribution in [2.75, 3.05) is 0 Å². The fourth-order valence-electron chi connectivity index (χ4n) is 1.46. The van der Waals surface area contributed by atoms with Gasteiger partial charge in [-0.3, -0.25) is 14.9 Å². The summed E-state index contributed by atoms with van der Waals surface area (Å²) in [6.07, 6.45) is 1.82. The number of carbonyl (C=O) groups is 2. The third-order valence-corrected chi connectivity index (χ3v) is 1.97. The number of carbonyl (C=O) groups excluding carboxylic acids is 2. The van der Waals surface area contributed by atoms with Crippen LogP contribution in [0.2, 0.25) is 0 Å². The van der Waals surface area contributed by atoms with Crippen molar-refractivity contribution in [3.63, 3.8) is 0 Å². The van der Waals surface area contributed by atoms with Crippen molar-refractivity contribution < 1.29 is 9.59 Å². The summed E-state index contributed by atoms with van der Waals surface area (Å²) in [7, 11) is 0. The number of rotatable bonds is 1. The second-order valence-corrected chi connectivity index (χ2v) is 3.98. The van der Waals surface area contributed by atoms with Crippen LogP contribution in [-0.4, -0.2) is 11.8 Å². The van der Waals surface area contributed by atoms with Crippen LogP contribution in [0.15, 0.2) is 22.8 Å². The quantitative estimate of drug-likeness (QED) is 0.507. The van der Waals surface area contributed by atoms with E-state index in [4.69, 9.17) is 0 Å². The summed E-state index contributed by atoms with van der Waals surface area (Å²) in [5.74, 6) is -0.294. The minimum Gasteiger partial charge on any atom is -0.288 e. The predicted octanol–water partition coefficient (Wildman–Crippen LogP) is 1.56. The first-order valence-electron chi connectivity index (χ1n) is 4.68. The lowest BCUT2D eigenvalue weighted by atomic mass is 10.0. The number of amides is 2. The molecule has 1 fully saturated rings. The highest BCUT2D eigenvalue weighted by molar-refractivity contribution is 6.24. The van der Waals surface area contributed by atoms with Crippen molar-refractivity contribution in [2.24, 2.45) is 5.92 Å². The second-order valence-electron chi connectivity index (χ2n) is 3.98. The molecule has 1 saturated heterocycles. The first-order valence-corrected chi connectivity index (χ1v) is 4.68. The Morgan fingerprint density at radius 1 is 1.21 bits per heavy atom. The Morgan fingerprint density at radius 2 is 1.79 bits per heavy atom. The topological polar surface area (TPSA) is 46.2 Å². The predicted molar refractivity (Wildman–Crippen MR) is 54.4 cm³/mol. The number of hydrogen-bond donors (Lipinski definition) is 1. The molecule has 14 heavy (non-hydrogen) atoms. The lowest BCUT2D eigenvalue weighted by molar-refractivity contribution is -0.123. The van der Waals surface area contributed by atoms with Gasteiger partial charge in [0.15, 0.2) is 0 Å². The molecule has 3 heteroatoms. The fraction of sp³-hybridized carbons (Fsp3) is 0.455. The van der Waals surface area contributed by atoms with E-state index in [1.165, 1.54) is 0 Å². The SMILES string of the molecule is CC(C)=C1C(=O)NC(=O)C1=CC(C)C. The van der Waals surface area contributed by atoms with Gasteiger partial charge < -0.3 is 0 Å². The average molecular weight is 193 g/mol. The van der Waals surface area contributed by atoms with Crippen molar-refractivity contribution in [3.8, 4) is 0 Å². The molecule has 3 nitrogen and oxygen atoms in total. The third kappa shape index (κ3) is 1.92. The van der Waals surface area contributed by atoms with Gasteiger partial charge in [0, 0.05) is 5.57 Å². The molecule has 1 N–H and O–H groups in total. The summed E-state index contributed by atoms with van der Waals surface area (Å²) in [4.78, 5) is 22.8. The van der Waals surface area contributed by atoms with Crippen LogP contribution in [-0.2, 0) is 9.59 Å². The highest BCUT2D eigenvalue weighted by Crippen LogP contribution is 2.22. The Balaban J connectivity index is 3.22. The Labute approximate surface area is 83.9 Å². The molecule has 0 aromatic heterocycles. The van der Waals surface area contributed by atoms with E-state index in [0.717, 1.165) is 5.57 Å². The zero-order valence-corrected chi connectivity index (χ0v) is 8.97. The van der Waals surface area contributed by atoms with E-state index < -0.39 is 0 Å². The maximum atomic E-state index is 11.4. The van der Waals surface area contributed by atoms with E-state index in [1.807, 2.05) is 33.8 Å². The zero-order valence-electron chi connectivity index (χ0n) is 8.97. The number of imide groups is 1. The zero-order chi connectivity index (χ0) is 10.9. The molecule has 0 aliphatic carbocycles. The van der Waals surface area contributed by atoms with E-state index in [-0.39, 0.29) is 17.7 Å². The standard InChI is InChI=1S/C11H15NO2/c1-6(2)5-8-9(7(3)4)11(14)12-10(8)13/h5-6H,1-4H3,(H,12,13,14). The maximum absolute atomic E-state index is 11.4. The van der Waals surface area contributed by atoms with Crippen molar-refractivity contribution in [2.45, 2.75) is 27.7 Å². The molecule has 1 heterocycles. The van der Waals surface area contributed by atoms with Crippen molar-refractivity contribution in [1.29, 1.82) is 0 Å². The molecule has 0 aromatic rings. The second kappa shape index (κ2) is 3.78. The molecular weight excluding hydrogens is 178 g/mol. The van der Waals surface area contributed by atoms with E-state index in [1.54, 1.807) is 0 Å². The highest BCUT2D eigenvalue weighted by Gasteiger charge is 2.30. The molecule has 0 unspecified atom stereocenters. The number of allylic oxidation sites excluding steroid dienone is 2. The van der Waals surface area contributed by atoms with Crippen LogP contribution in [0, 0.1) is 5.92 Å².